The number of benzene rings is 1. The van der Waals surface area contributed by atoms with E-state index in [1.165, 1.54) is 0 Å². The van der Waals surface area contributed by atoms with Crippen molar-refractivity contribution in [3.05, 3.63) is 71.8 Å². The van der Waals surface area contributed by atoms with E-state index in [4.69, 9.17) is 4.74 Å². The maximum Gasteiger partial charge on any atom is 0.147 e. The van der Waals surface area contributed by atoms with Gasteiger partial charge in [0.2, 0.25) is 0 Å². The summed E-state index contributed by atoms with van der Waals surface area (Å²) in [6.45, 7) is 10.9. The number of ether oxygens (including phenoxy) is 1. The Hall–Kier alpha value is -3.07. The first kappa shape index (κ1) is 25.0. The largest absolute Gasteiger partial charge is 0.392 e. The number of hydrogen-bond donors (Lipinski definition) is 1. The molecule has 0 unspecified atom stereocenters. The monoisotopic (exact) mass is 489 g/mol. The van der Waals surface area contributed by atoms with E-state index in [1.54, 1.807) is 6.33 Å². The first-order chi connectivity index (χ1) is 16.7. The van der Waals surface area contributed by atoms with Crippen molar-refractivity contribution in [2.45, 2.75) is 52.5 Å². The van der Waals surface area contributed by atoms with Crippen molar-refractivity contribution in [1.29, 1.82) is 0 Å². The Kier molecular flexibility index (Phi) is 7.64. The summed E-state index contributed by atoms with van der Waals surface area (Å²) in [5, 5.41) is 10.4. The summed E-state index contributed by atoms with van der Waals surface area (Å²) >= 11 is 0. The summed E-state index contributed by atoms with van der Waals surface area (Å²) in [5.74, 6) is 0.854. The van der Waals surface area contributed by atoms with Crippen LogP contribution in [0, 0.1) is 6.92 Å². The fourth-order valence-electron chi connectivity index (χ4n) is 4.04. The van der Waals surface area contributed by atoms with Crippen LogP contribution in [0.2, 0.25) is 25.7 Å². The number of aliphatic hydroxyl groups is 1. The second-order valence-electron chi connectivity index (χ2n) is 10.2. The maximum atomic E-state index is 9.46. The number of aryl methyl sites for hydroxylation is 1. The standard InChI is InChI=1S/C27H35N5O2Si/c1-20-7-6-8-23(30-20)16-31(2)26-24-15-25(22-11-9-21(17-33)10-12-22)32(27(24)29-18-28-26)19-34-13-14-35(3,4)5/h6-12,15,18,33H,13-14,16-17,19H2,1-5H3. The van der Waals surface area contributed by atoms with Crippen LogP contribution in [-0.4, -0.2) is 46.4 Å². The van der Waals surface area contributed by atoms with Crippen LogP contribution in [0.4, 0.5) is 5.82 Å². The number of nitrogens with zero attached hydrogens (tertiary/aromatic N) is 5. The molecular weight excluding hydrogens is 454 g/mol. The third kappa shape index (κ3) is 6.14. The second kappa shape index (κ2) is 10.7. The van der Waals surface area contributed by atoms with Gasteiger partial charge in [-0.25, -0.2) is 9.97 Å². The number of hydrogen-bond acceptors (Lipinski definition) is 6. The van der Waals surface area contributed by atoms with Gasteiger partial charge in [0, 0.05) is 27.4 Å². The van der Waals surface area contributed by atoms with Crippen molar-refractivity contribution in [3.8, 4) is 11.3 Å². The van der Waals surface area contributed by atoms with Gasteiger partial charge in [-0.3, -0.25) is 4.98 Å². The Morgan fingerprint density at radius 2 is 1.83 bits per heavy atom. The number of rotatable bonds is 10. The van der Waals surface area contributed by atoms with Gasteiger partial charge >= 0.3 is 0 Å². The fraction of sp³-hybridized carbons (Fsp3) is 0.370. The average Bonchev–Trinajstić information content (AvgIpc) is 3.20. The minimum atomic E-state index is -1.18. The van der Waals surface area contributed by atoms with E-state index in [-0.39, 0.29) is 6.61 Å². The molecule has 4 aromatic rings. The Balaban J connectivity index is 1.71. The molecule has 0 saturated heterocycles. The predicted molar refractivity (Wildman–Crippen MR) is 144 cm³/mol. The zero-order chi connectivity index (χ0) is 25.0. The molecule has 1 N–H and O–H groups in total. The van der Waals surface area contributed by atoms with Gasteiger partial charge in [-0.05, 0) is 42.3 Å². The molecule has 0 spiro atoms. The van der Waals surface area contributed by atoms with Crippen LogP contribution in [0.25, 0.3) is 22.3 Å². The molecular formula is C27H35N5O2Si. The van der Waals surface area contributed by atoms with E-state index in [0.717, 1.165) is 57.7 Å². The molecule has 35 heavy (non-hydrogen) atoms. The molecule has 0 bridgehead atoms. The van der Waals surface area contributed by atoms with Gasteiger partial charge in [0.25, 0.3) is 0 Å². The zero-order valence-corrected chi connectivity index (χ0v) is 22.3. The molecule has 4 rings (SSSR count). The molecule has 0 aliphatic carbocycles. The van der Waals surface area contributed by atoms with Crippen molar-refractivity contribution < 1.29 is 9.84 Å². The van der Waals surface area contributed by atoms with E-state index in [0.29, 0.717) is 13.3 Å². The molecule has 184 valence electrons. The molecule has 7 nitrogen and oxygen atoms in total. The highest BCUT2D eigenvalue weighted by Gasteiger charge is 2.19. The molecule has 0 fully saturated rings. The summed E-state index contributed by atoms with van der Waals surface area (Å²) in [6, 6.07) is 17.3. The van der Waals surface area contributed by atoms with Crippen molar-refractivity contribution >= 4 is 24.9 Å². The van der Waals surface area contributed by atoms with Crippen LogP contribution in [0.3, 0.4) is 0 Å². The Bertz CT molecular complexity index is 1280. The third-order valence-corrected chi connectivity index (χ3v) is 7.73. The lowest BCUT2D eigenvalue weighted by Gasteiger charge is -2.19. The smallest absolute Gasteiger partial charge is 0.147 e. The second-order valence-corrected chi connectivity index (χ2v) is 15.8. The molecule has 0 atom stereocenters. The van der Waals surface area contributed by atoms with Crippen molar-refractivity contribution in [2.75, 3.05) is 18.6 Å². The summed E-state index contributed by atoms with van der Waals surface area (Å²) < 4.78 is 8.27. The molecule has 0 saturated carbocycles. The number of anilines is 1. The SMILES string of the molecule is Cc1cccc(CN(C)c2ncnc3c2cc(-c2ccc(CO)cc2)n3COCC[Si](C)(C)C)n1. The summed E-state index contributed by atoms with van der Waals surface area (Å²) in [5.41, 5.74) is 5.78. The van der Waals surface area contributed by atoms with Gasteiger partial charge in [0.15, 0.2) is 0 Å². The lowest BCUT2D eigenvalue weighted by atomic mass is 10.1. The van der Waals surface area contributed by atoms with Gasteiger partial charge < -0.3 is 19.3 Å². The predicted octanol–water partition coefficient (Wildman–Crippen LogP) is 5.24. The molecule has 0 amide bonds. The molecule has 1 aromatic carbocycles. The summed E-state index contributed by atoms with van der Waals surface area (Å²) in [6.07, 6.45) is 1.62. The lowest BCUT2D eigenvalue weighted by molar-refractivity contribution is 0.0909. The molecule has 8 heteroatoms. The quantitative estimate of drug-likeness (QED) is 0.242. The Labute approximate surface area is 208 Å². The molecule has 0 radical (unpaired) electrons. The summed E-state index contributed by atoms with van der Waals surface area (Å²) in [4.78, 5) is 16.0. The van der Waals surface area contributed by atoms with Gasteiger partial charge in [0.1, 0.15) is 24.5 Å². The minimum Gasteiger partial charge on any atom is -0.392 e. The van der Waals surface area contributed by atoms with E-state index < -0.39 is 8.07 Å². The molecule has 3 aromatic heterocycles. The van der Waals surface area contributed by atoms with Crippen molar-refractivity contribution in [1.82, 2.24) is 19.5 Å². The van der Waals surface area contributed by atoms with Crippen LogP contribution in [-0.2, 0) is 24.6 Å². The van der Waals surface area contributed by atoms with Crippen molar-refractivity contribution in [2.24, 2.45) is 0 Å². The molecule has 0 aliphatic heterocycles. The first-order valence-electron chi connectivity index (χ1n) is 12.0. The van der Waals surface area contributed by atoms with Crippen LogP contribution >= 0.6 is 0 Å². The van der Waals surface area contributed by atoms with E-state index in [9.17, 15) is 5.11 Å². The topological polar surface area (TPSA) is 76.3 Å². The molecule has 3 heterocycles. The van der Waals surface area contributed by atoms with E-state index in [1.807, 2.05) is 56.4 Å². The van der Waals surface area contributed by atoms with Crippen molar-refractivity contribution in [3.63, 3.8) is 0 Å². The Morgan fingerprint density at radius 3 is 2.51 bits per heavy atom. The van der Waals surface area contributed by atoms with Gasteiger partial charge in [-0.15, -0.1) is 0 Å². The minimum absolute atomic E-state index is 0.0243. The number of aromatic nitrogens is 4. The van der Waals surface area contributed by atoms with Gasteiger partial charge in [0.05, 0.1) is 29.9 Å². The van der Waals surface area contributed by atoms with Crippen LogP contribution in [0.15, 0.2) is 54.9 Å². The number of pyridine rings is 1. The van der Waals surface area contributed by atoms with Gasteiger partial charge in [-0.1, -0.05) is 50.0 Å². The van der Waals surface area contributed by atoms with Crippen LogP contribution < -0.4 is 4.90 Å². The van der Waals surface area contributed by atoms with E-state index >= 15 is 0 Å². The maximum absolute atomic E-state index is 9.46. The van der Waals surface area contributed by atoms with Gasteiger partial charge in [-0.2, -0.15) is 0 Å². The van der Waals surface area contributed by atoms with Crippen LogP contribution in [0.5, 0.6) is 0 Å². The average molecular weight is 490 g/mol. The third-order valence-electron chi connectivity index (χ3n) is 6.03. The first-order valence-corrected chi connectivity index (χ1v) is 15.7. The zero-order valence-electron chi connectivity index (χ0n) is 21.3. The highest BCUT2D eigenvalue weighted by Crippen LogP contribution is 2.32. The normalized spacial score (nSPS) is 11.8. The highest BCUT2D eigenvalue weighted by molar-refractivity contribution is 6.76. The van der Waals surface area contributed by atoms with Crippen LogP contribution in [0.1, 0.15) is 17.0 Å². The highest BCUT2D eigenvalue weighted by atomic mass is 28.3. The fourth-order valence-corrected chi connectivity index (χ4v) is 4.80. The van der Waals surface area contributed by atoms with E-state index in [2.05, 4.69) is 50.1 Å². The molecule has 0 aliphatic rings. The number of fused-ring (bicyclic) bond motifs is 1. The Morgan fingerprint density at radius 1 is 1.06 bits per heavy atom. The summed E-state index contributed by atoms with van der Waals surface area (Å²) in [7, 11) is 0.849. The lowest BCUT2D eigenvalue weighted by Crippen LogP contribution is -2.22. The number of aliphatic hydroxyl groups excluding tert-OH is 1.